The molecule has 6 heteroatoms. The molecule has 2 N–H and O–H groups in total. The Morgan fingerprint density at radius 1 is 1.29 bits per heavy atom. The average molecular weight is 367 g/mol. The first-order valence-electron chi connectivity index (χ1n) is 6.87. The second-order valence-electron chi connectivity index (χ2n) is 5.83. The third-order valence-corrected chi connectivity index (χ3v) is 5.22. The highest BCUT2D eigenvalue weighted by Gasteiger charge is 2.52. The van der Waals surface area contributed by atoms with Gasteiger partial charge < -0.3 is 5.73 Å². The molecule has 1 aliphatic heterocycles. The van der Waals surface area contributed by atoms with E-state index >= 15 is 0 Å². The number of nitrogens with two attached hydrogens (primary N) is 1. The fourth-order valence-corrected chi connectivity index (χ4v) is 4.04. The van der Waals surface area contributed by atoms with Crippen molar-refractivity contribution < 1.29 is 9.59 Å². The Kier molecular flexibility index (Phi) is 3.61. The molecule has 1 aliphatic carbocycles. The molecule has 2 unspecified atom stereocenters. The molecule has 1 saturated carbocycles. The lowest BCUT2D eigenvalue weighted by Crippen LogP contribution is -2.32. The molecule has 2 atom stereocenters. The number of carbonyl (C=O) groups is 2. The van der Waals surface area contributed by atoms with Gasteiger partial charge in [0.1, 0.15) is 4.99 Å². The number of hydrogen-bond acceptors (Lipinski definition) is 3. The third-order valence-electron chi connectivity index (χ3n) is 4.35. The third kappa shape index (κ3) is 2.30. The van der Waals surface area contributed by atoms with Crippen LogP contribution < -0.4 is 10.6 Å². The lowest BCUT2D eigenvalue weighted by atomic mass is 10.00. The summed E-state index contributed by atoms with van der Waals surface area (Å²) in [5.41, 5.74) is 6.87. The van der Waals surface area contributed by atoms with Gasteiger partial charge in [0.2, 0.25) is 11.8 Å². The lowest BCUT2D eigenvalue weighted by Gasteiger charge is -2.19. The van der Waals surface area contributed by atoms with E-state index in [2.05, 4.69) is 22.9 Å². The first-order valence-corrected chi connectivity index (χ1v) is 8.07. The maximum atomic E-state index is 12.5. The van der Waals surface area contributed by atoms with Crippen molar-refractivity contribution in [2.75, 3.05) is 4.90 Å². The van der Waals surface area contributed by atoms with Crippen LogP contribution in [-0.4, -0.2) is 16.8 Å². The molecular formula is C15H15BrN2O2S. The number of hydrogen-bond donors (Lipinski definition) is 1. The van der Waals surface area contributed by atoms with Crippen LogP contribution in [0.5, 0.6) is 0 Å². The Labute approximate surface area is 136 Å². The van der Waals surface area contributed by atoms with Crippen molar-refractivity contribution >= 4 is 50.6 Å². The van der Waals surface area contributed by atoms with Crippen LogP contribution in [0.4, 0.5) is 5.69 Å². The summed E-state index contributed by atoms with van der Waals surface area (Å²) in [6, 6.07) is 5.20. The predicted octanol–water partition coefficient (Wildman–Crippen LogP) is 2.62. The van der Waals surface area contributed by atoms with Gasteiger partial charge in [0.05, 0.1) is 17.5 Å². The Morgan fingerprint density at radius 2 is 1.86 bits per heavy atom. The van der Waals surface area contributed by atoms with Crippen LogP contribution in [0.1, 0.15) is 25.3 Å². The number of fused-ring (bicyclic) bond motifs is 1. The maximum Gasteiger partial charge on any atom is 0.237 e. The van der Waals surface area contributed by atoms with Crippen LogP contribution in [-0.2, 0) is 9.59 Å². The number of carbonyl (C=O) groups excluding carboxylic acids is 2. The minimum absolute atomic E-state index is 0.0851. The molecule has 2 fully saturated rings. The summed E-state index contributed by atoms with van der Waals surface area (Å²) in [4.78, 5) is 26.7. The molecule has 1 aromatic rings. The maximum absolute atomic E-state index is 12.5. The molecule has 110 valence electrons. The summed E-state index contributed by atoms with van der Waals surface area (Å²) >= 11 is 8.34. The summed E-state index contributed by atoms with van der Waals surface area (Å²) in [5.74, 6) is -0.0453. The van der Waals surface area contributed by atoms with Crippen molar-refractivity contribution in [3.8, 4) is 0 Å². The second-order valence-corrected chi connectivity index (χ2v) is 7.13. The summed E-state index contributed by atoms with van der Waals surface area (Å²) < 4.78 is 0.655. The fourth-order valence-electron chi connectivity index (χ4n) is 3.36. The first kappa shape index (κ1) is 14.7. The van der Waals surface area contributed by atoms with Crippen molar-refractivity contribution in [2.45, 2.75) is 19.8 Å². The number of imide groups is 1. The zero-order valence-corrected chi connectivity index (χ0v) is 13.9. The molecule has 21 heavy (non-hydrogen) atoms. The number of benzene rings is 1. The van der Waals surface area contributed by atoms with Crippen LogP contribution in [0, 0.1) is 17.8 Å². The van der Waals surface area contributed by atoms with Crippen molar-refractivity contribution in [3.63, 3.8) is 0 Å². The van der Waals surface area contributed by atoms with E-state index in [0.29, 0.717) is 21.6 Å². The average Bonchev–Trinajstić information content (AvgIpc) is 2.90. The fraction of sp³-hybridized carbons (Fsp3) is 0.400. The summed E-state index contributed by atoms with van der Waals surface area (Å²) in [6.45, 7) is 2.09. The molecule has 1 aromatic carbocycles. The number of thiocarbonyl (C=S) groups is 1. The quantitative estimate of drug-likeness (QED) is 0.645. The summed E-state index contributed by atoms with van der Waals surface area (Å²) in [5, 5.41) is 0. The highest BCUT2D eigenvalue weighted by molar-refractivity contribution is 9.10. The molecule has 1 heterocycles. The number of rotatable bonds is 2. The van der Waals surface area contributed by atoms with Crippen LogP contribution >= 0.6 is 28.1 Å². The van der Waals surface area contributed by atoms with Crippen LogP contribution in [0.25, 0.3) is 0 Å². The van der Waals surface area contributed by atoms with Crippen LogP contribution in [0.3, 0.4) is 0 Å². The van der Waals surface area contributed by atoms with Gasteiger partial charge in [-0.25, -0.2) is 4.90 Å². The molecule has 0 aromatic heterocycles. The van der Waals surface area contributed by atoms with Crippen LogP contribution in [0.2, 0.25) is 0 Å². The molecule has 0 spiro atoms. The summed E-state index contributed by atoms with van der Waals surface area (Å²) in [7, 11) is 0. The topological polar surface area (TPSA) is 63.4 Å². The van der Waals surface area contributed by atoms with Gasteiger partial charge >= 0.3 is 0 Å². The molecular weight excluding hydrogens is 352 g/mol. The molecule has 4 nitrogen and oxygen atoms in total. The molecule has 3 rings (SSSR count). The highest BCUT2D eigenvalue weighted by atomic mass is 79.9. The van der Waals surface area contributed by atoms with Crippen molar-refractivity contribution in [1.82, 2.24) is 0 Å². The number of nitrogens with zero attached hydrogens (tertiary/aromatic N) is 1. The largest absolute Gasteiger partial charge is 0.389 e. The zero-order chi connectivity index (χ0) is 15.3. The number of anilines is 1. The van der Waals surface area contributed by atoms with Gasteiger partial charge in [-0.3, -0.25) is 9.59 Å². The van der Waals surface area contributed by atoms with Gasteiger partial charge in [-0.05, 0) is 52.9 Å². The standard InChI is InChI=1S/C15H15BrN2O2S/c1-7-4-9-10(5-7)15(20)18(14(9)19)12-3-2-8(13(17)21)6-11(12)16/h2-3,6-7,9-10H,4-5H2,1H3,(H2,17,21). The van der Waals surface area contributed by atoms with E-state index in [0.717, 1.165) is 12.8 Å². The van der Waals surface area contributed by atoms with E-state index in [1.807, 2.05) is 0 Å². The van der Waals surface area contributed by atoms with Gasteiger partial charge in [0, 0.05) is 10.0 Å². The van der Waals surface area contributed by atoms with Crippen molar-refractivity contribution in [3.05, 3.63) is 28.2 Å². The van der Waals surface area contributed by atoms with E-state index < -0.39 is 0 Å². The van der Waals surface area contributed by atoms with E-state index in [1.165, 1.54) is 4.90 Å². The van der Waals surface area contributed by atoms with Crippen molar-refractivity contribution in [1.29, 1.82) is 0 Å². The van der Waals surface area contributed by atoms with Gasteiger partial charge in [-0.2, -0.15) is 0 Å². The minimum Gasteiger partial charge on any atom is -0.389 e. The predicted molar refractivity (Wildman–Crippen MR) is 87.9 cm³/mol. The molecule has 2 aliphatic rings. The number of amides is 2. The Hall–Kier alpha value is -1.27. The summed E-state index contributed by atoms with van der Waals surface area (Å²) in [6.07, 6.45) is 1.60. The van der Waals surface area contributed by atoms with Gasteiger partial charge in [0.15, 0.2) is 0 Å². The van der Waals surface area contributed by atoms with E-state index in [-0.39, 0.29) is 28.6 Å². The van der Waals surface area contributed by atoms with E-state index in [4.69, 9.17) is 18.0 Å². The number of halogens is 1. The Bertz CT molecular complexity index is 637. The Balaban J connectivity index is 1.97. The van der Waals surface area contributed by atoms with Gasteiger partial charge in [0.25, 0.3) is 0 Å². The smallest absolute Gasteiger partial charge is 0.237 e. The molecule has 1 saturated heterocycles. The monoisotopic (exact) mass is 366 g/mol. The van der Waals surface area contributed by atoms with Crippen molar-refractivity contribution in [2.24, 2.45) is 23.5 Å². The Morgan fingerprint density at radius 3 is 2.33 bits per heavy atom. The minimum atomic E-state index is -0.158. The van der Waals surface area contributed by atoms with Crippen LogP contribution in [0.15, 0.2) is 22.7 Å². The molecule has 0 bridgehead atoms. The normalized spacial score (nSPS) is 28.1. The molecule has 2 amide bonds. The highest BCUT2D eigenvalue weighted by Crippen LogP contribution is 2.45. The van der Waals surface area contributed by atoms with Gasteiger partial charge in [-0.1, -0.05) is 19.1 Å². The van der Waals surface area contributed by atoms with E-state index in [9.17, 15) is 9.59 Å². The van der Waals surface area contributed by atoms with Gasteiger partial charge in [-0.15, -0.1) is 0 Å². The zero-order valence-electron chi connectivity index (χ0n) is 11.5. The first-order chi connectivity index (χ1) is 9.90. The SMILES string of the molecule is CC1CC2C(=O)N(c3ccc(C(N)=S)cc3Br)C(=O)C2C1. The van der Waals surface area contributed by atoms with E-state index in [1.54, 1.807) is 18.2 Å². The second kappa shape index (κ2) is 5.18. The lowest BCUT2D eigenvalue weighted by molar-refractivity contribution is -0.123. The molecule has 0 radical (unpaired) electrons.